The molecule has 0 saturated heterocycles. The van der Waals surface area contributed by atoms with Crippen molar-refractivity contribution in [3.05, 3.63) is 58.5 Å². The van der Waals surface area contributed by atoms with Crippen LogP contribution in [0.4, 0.5) is 16.2 Å². The maximum atomic E-state index is 12.6. The molecule has 8 nitrogen and oxygen atoms in total. The molecule has 26 heavy (non-hydrogen) atoms. The summed E-state index contributed by atoms with van der Waals surface area (Å²) >= 11 is 0. The van der Waals surface area contributed by atoms with Crippen LogP contribution in [-0.2, 0) is 0 Å². The Hall–Kier alpha value is -3.55. The van der Waals surface area contributed by atoms with Gasteiger partial charge in [0.1, 0.15) is 0 Å². The molecule has 0 fully saturated rings. The van der Waals surface area contributed by atoms with E-state index in [1.165, 1.54) is 0 Å². The minimum absolute atomic E-state index is 0.0220. The van der Waals surface area contributed by atoms with E-state index in [9.17, 15) is 14.4 Å². The van der Waals surface area contributed by atoms with Gasteiger partial charge in [-0.2, -0.15) is 0 Å². The van der Waals surface area contributed by atoms with Gasteiger partial charge < -0.3 is 25.9 Å². The summed E-state index contributed by atoms with van der Waals surface area (Å²) < 4.78 is 0. The van der Waals surface area contributed by atoms with E-state index in [-0.39, 0.29) is 23.7 Å². The third-order valence-electron chi connectivity index (χ3n) is 3.61. The van der Waals surface area contributed by atoms with E-state index in [0.29, 0.717) is 28.0 Å². The molecule has 3 aromatic rings. The van der Waals surface area contributed by atoms with Crippen LogP contribution in [-0.4, -0.2) is 27.9 Å². The van der Waals surface area contributed by atoms with Crippen LogP contribution in [0.15, 0.2) is 47.3 Å². The lowest BCUT2D eigenvalue weighted by molar-refractivity contribution is 0.102. The molecule has 5 N–H and O–H groups in total. The Bertz CT molecular complexity index is 1020. The molecule has 0 spiro atoms. The molecule has 134 valence electrons. The summed E-state index contributed by atoms with van der Waals surface area (Å²) in [6.07, 6.45) is 0. The van der Waals surface area contributed by atoms with Gasteiger partial charge in [-0.3, -0.25) is 4.79 Å². The van der Waals surface area contributed by atoms with Crippen molar-refractivity contribution in [3.8, 4) is 0 Å². The number of aromatic amines is 2. The van der Waals surface area contributed by atoms with Gasteiger partial charge in [-0.05, 0) is 44.2 Å². The minimum atomic E-state index is -0.383. The lowest BCUT2D eigenvalue weighted by Crippen LogP contribution is -2.34. The summed E-state index contributed by atoms with van der Waals surface area (Å²) in [6.45, 7) is 3.69. The Morgan fingerprint density at radius 1 is 0.962 bits per heavy atom. The fraction of sp³-hybridized carbons (Fsp3) is 0.167. The van der Waals surface area contributed by atoms with E-state index >= 15 is 0 Å². The third kappa shape index (κ3) is 3.92. The summed E-state index contributed by atoms with van der Waals surface area (Å²) in [6, 6.07) is 11.4. The van der Waals surface area contributed by atoms with Crippen LogP contribution in [0.3, 0.4) is 0 Å². The van der Waals surface area contributed by atoms with E-state index in [0.717, 1.165) is 0 Å². The van der Waals surface area contributed by atoms with Gasteiger partial charge in [0, 0.05) is 11.7 Å². The second-order valence-corrected chi connectivity index (χ2v) is 6.09. The molecule has 1 aromatic heterocycles. The number of benzene rings is 2. The quantitative estimate of drug-likeness (QED) is 0.496. The number of rotatable bonds is 4. The highest BCUT2D eigenvalue weighted by Crippen LogP contribution is 2.19. The summed E-state index contributed by atoms with van der Waals surface area (Å²) in [5.41, 5.74) is 2.19. The van der Waals surface area contributed by atoms with Crippen LogP contribution >= 0.6 is 0 Å². The fourth-order valence-corrected chi connectivity index (χ4v) is 2.52. The second-order valence-electron chi connectivity index (χ2n) is 6.09. The average Bonchev–Trinajstić information content (AvgIpc) is 2.93. The lowest BCUT2D eigenvalue weighted by Gasteiger charge is -2.13. The Morgan fingerprint density at radius 3 is 2.46 bits per heavy atom. The summed E-state index contributed by atoms with van der Waals surface area (Å²) in [4.78, 5) is 41.1. The molecule has 3 amide bonds. The van der Waals surface area contributed by atoms with Crippen LogP contribution in [0.25, 0.3) is 11.0 Å². The zero-order valence-electron chi connectivity index (χ0n) is 14.3. The lowest BCUT2D eigenvalue weighted by atomic mass is 10.1. The molecule has 0 aliphatic rings. The van der Waals surface area contributed by atoms with Crippen molar-refractivity contribution in [2.75, 3.05) is 10.6 Å². The standard InChI is InChI=1S/C18H19N5O3/c1-10(2)19-17(25)21-13-6-4-3-5-12(13)16(24)20-11-7-8-14-15(9-11)23-18(26)22-14/h3-10H,1-2H3,(H,20,24)(H2,19,21,25)(H2,22,23,26). The number of fused-ring (bicyclic) bond motifs is 1. The number of amides is 3. The summed E-state index contributed by atoms with van der Waals surface area (Å²) in [5.74, 6) is -0.373. The van der Waals surface area contributed by atoms with Crippen LogP contribution < -0.4 is 21.6 Å². The zero-order valence-corrected chi connectivity index (χ0v) is 14.3. The maximum absolute atomic E-state index is 12.6. The van der Waals surface area contributed by atoms with Crippen molar-refractivity contribution in [1.29, 1.82) is 0 Å². The van der Waals surface area contributed by atoms with Gasteiger partial charge in [0.25, 0.3) is 5.91 Å². The van der Waals surface area contributed by atoms with E-state index < -0.39 is 0 Å². The van der Waals surface area contributed by atoms with Crippen molar-refractivity contribution in [2.45, 2.75) is 19.9 Å². The first kappa shape index (κ1) is 17.3. The van der Waals surface area contributed by atoms with Crippen molar-refractivity contribution in [3.63, 3.8) is 0 Å². The molecule has 0 unspecified atom stereocenters. The van der Waals surface area contributed by atoms with E-state index in [4.69, 9.17) is 0 Å². The van der Waals surface area contributed by atoms with Gasteiger partial charge in [0.05, 0.1) is 22.3 Å². The van der Waals surface area contributed by atoms with E-state index in [2.05, 4.69) is 25.9 Å². The smallest absolute Gasteiger partial charge is 0.323 e. The number of urea groups is 1. The predicted octanol–water partition coefficient (Wildman–Crippen LogP) is 2.64. The summed E-state index contributed by atoms with van der Waals surface area (Å²) in [5, 5.41) is 8.16. The number of carbonyl (C=O) groups excluding carboxylic acids is 2. The van der Waals surface area contributed by atoms with Gasteiger partial charge in [-0.25, -0.2) is 9.59 Å². The van der Waals surface area contributed by atoms with Crippen molar-refractivity contribution >= 4 is 34.3 Å². The first-order valence-corrected chi connectivity index (χ1v) is 8.12. The molecule has 1 heterocycles. The van der Waals surface area contributed by atoms with Crippen LogP contribution in [0, 0.1) is 0 Å². The highest BCUT2D eigenvalue weighted by atomic mass is 16.2. The number of nitrogens with one attached hydrogen (secondary N) is 5. The van der Waals surface area contributed by atoms with Crippen LogP contribution in [0.1, 0.15) is 24.2 Å². The Balaban J connectivity index is 1.80. The molecule has 8 heteroatoms. The number of hydrogen-bond donors (Lipinski definition) is 5. The zero-order chi connectivity index (χ0) is 18.7. The molecular weight excluding hydrogens is 334 g/mol. The molecule has 3 rings (SSSR count). The average molecular weight is 353 g/mol. The third-order valence-corrected chi connectivity index (χ3v) is 3.61. The predicted molar refractivity (Wildman–Crippen MR) is 101 cm³/mol. The molecule has 0 atom stereocenters. The Kier molecular flexibility index (Phi) is 4.74. The molecule has 0 aliphatic heterocycles. The number of anilines is 2. The first-order chi connectivity index (χ1) is 12.4. The molecular formula is C18H19N5O3. The van der Waals surface area contributed by atoms with Gasteiger partial charge in [-0.15, -0.1) is 0 Å². The minimum Gasteiger partial charge on any atom is -0.336 e. The van der Waals surface area contributed by atoms with Crippen molar-refractivity contribution in [2.24, 2.45) is 0 Å². The van der Waals surface area contributed by atoms with E-state index in [1.54, 1.807) is 42.5 Å². The molecule has 0 saturated carbocycles. The van der Waals surface area contributed by atoms with Gasteiger partial charge >= 0.3 is 11.7 Å². The fourth-order valence-electron chi connectivity index (χ4n) is 2.52. The molecule has 2 aromatic carbocycles. The van der Waals surface area contributed by atoms with Crippen molar-refractivity contribution in [1.82, 2.24) is 15.3 Å². The van der Waals surface area contributed by atoms with E-state index in [1.807, 2.05) is 13.8 Å². The maximum Gasteiger partial charge on any atom is 0.323 e. The second kappa shape index (κ2) is 7.14. The number of carbonyl (C=O) groups is 2. The topological polar surface area (TPSA) is 119 Å². The highest BCUT2D eigenvalue weighted by molar-refractivity contribution is 6.10. The number of H-pyrrole nitrogens is 2. The normalized spacial score (nSPS) is 10.7. The van der Waals surface area contributed by atoms with Gasteiger partial charge in [0.2, 0.25) is 0 Å². The SMILES string of the molecule is CC(C)NC(=O)Nc1ccccc1C(=O)Nc1ccc2[nH]c(=O)[nH]c2c1. The van der Waals surface area contributed by atoms with Gasteiger partial charge in [-0.1, -0.05) is 12.1 Å². The number of para-hydroxylation sites is 1. The molecule has 0 aliphatic carbocycles. The van der Waals surface area contributed by atoms with Crippen LogP contribution in [0.2, 0.25) is 0 Å². The number of hydrogen-bond acceptors (Lipinski definition) is 3. The Labute approximate surface area is 149 Å². The molecule has 0 radical (unpaired) electrons. The van der Waals surface area contributed by atoms with Crippen LogP contribution in [0.5, 0.6) is 0 Å². The number of imidazole rings is 1. The van der Waals surface area contributed by atoms with Gasteiger partial charge in [0.15, 0.2) is 0 Å². The number of aromatic nitrogens is 2. The first-order valence-electron chi connectivity index (χ1n) is 8.12. The monoisotopic (exact) mass is 353 g/mol. The largest absolute Gasteiger partial charge is 0.336 e. The van der Waals surface area contributed by atoms with Crippen molar-refractivity contribution < 1.29 is 9.59 Å². The highest BCUT2D eigenvalue weighted by Gasteiger charge is 2.14. The summed E-state index contributed by atoms with van der Waals surface area (Å²) in [7, 11) is 0. The molecule has 0 bridgehead atoms. The Morgan fingerprint density at radius 2 is 1.69 bits per heavy atom.